The van der Waals surface area contributed by atoms with E-state index in [1.807, 2.05) is 62.2 Å². The highest BCUT2D eigenvalue weighted by Crippen LogP contribution is 2.27. The average Bonchev–Trinajstić information content (AvgIpc) is 3.41. The number of H-pyrrole nitrogens is 1. The van der Waals surface area contributed by atoms with Crippen LogP contribution >= 0.6 is 0 Å². The number of fused-ring (bicyclic) bond motifs is 2. The van der Waals surface area contributed by atoms with E-state index in [0.29, 0.717) is 55.0 Å². The maximum atomic E-state index is 13.4. The number of aromatic amines is 1. The lowest BCUT2D eigenvalue weighted by molar-refractivity contribution is -0.131. The number of aryl methyl sites for hydroxylation is 1. The van der Waals surface area contributed by atoms with E-state index in [2.05, 4.69) is 15.1 Å². The first kappa shape index (κ1) is 21.2. The van der Waals surface area contributed by atoms with Gasteiger partial charge in [0.15, 0.2) is 0 Å². The zero-order chi connectivity index (χ0) is 23.1. The number of pyridine rings is 1. The number of carbonyl (C=O) groups is 2. The topological polar surface area (TPSA) is 95.3 Å². The molecule has 0 aliphatic carbocycles. The molecule has 4 aromatic rings. The molecule has 0 saturated carbocycles. The fourth-order valence-corrected chi connectivity index (χ4v) is 4.46. The van der Waals surface area contributed by atoms with E-state index in [1.165, 1.54) is 0 Å². The Balaban J connectivity index is 1.30. The van der Waals surface area contributed by atoms with Gasteiger partial charge in [0, 0.05) is 49.0 Å². The summed E-state index contributed by atoms with van der Waals surface area (Å²) in [7, 11) is 0. The molecule has 33 heavy (non-hydrogen) atoms. The Labute approximate surface area is 191 Å². The van der Waals surface area contributed by atoms with Gasteiger partial charge in [0.2, 0.25) is 5.91 Å². The van der Waals surface area contributed by atoms with Crippen LogP contribution in [0.1, 0.15) is 47.1 Å². The Morgan fingerprint density at radius 3 is 2.61 bits per heavy atom. The highest BCUT2D eigenvalue weighted by Gasteiger charge is 2.28. The molecule has 5 rings (SSSR count). The summed E-state index contributed by atoms with van der Waals surface area (Å²) in [4.78, 5) is 37.8. The largest absolute Gasteiger partial charge is 0.361 e. The lowest BCUT2D eigenvalue weighted by atomic mass is 10.0. The Morgan fingerprint density at radius 1 is 1.12 bits per heavy atom. The van der Waals surface area contributed by atoms with E-state index in [4.69, 9.17) is 4.52 Å². The Bertz CT molecular complexity index is 1340. The van der Waals surface area contributed by atoms with Gasteiger partial charge in [-0.3, -0.25) is 9.59 Å². The molecule has 4 heterocycles. The minimum atomic E-state index is -0.0701. The van der Waals surface area contributed by atoms with E-state index in [9.17, 15) is 9.59 Å². The summed E-state index contributed by atoms with van der Waals surface area (Å²) in [6.07, 6.45) is 2.26. The van der Waals surface area contributed by atoms with Crippen molar-refractivity contribution in [3.05, 3.63) is 59.0 Å². The first-order valence-corrected chi connectivity index (χ1v) is 11.3. The maximum Gasteiger partial charge on any atom is 0.259 e. The third kappa shape index (κ3) is 3.86. The number of hydrogen-bond acceptors (Lipinski definition) is 5. The first-order valence-electron chi connectivity index (χ1n) is 11.3. The number of benzene rings is 1. The van der Waals surface area contributed by atoms with Crippen molar-refractivity contribution in [1.82, 2.24) is 24.9 Å². The van der Waals surface area contributed by atoms with Gasteiger partial charge < -0.3 is 19.3 Å². The molecule has 0 bridgehead atoms. The number of aromatic nitrogens is 3. The lowest BCUT2D eigenvalue weighted by Crippen LogP contribution is -2.51. The predicted molar refractivity (Wildman–Crippen MR) is 125 cm³/mol. The van der Waals surface area contributed by atoms with Crippen molar-refractivity contribution < 1.29 is 14.1 Å². The number of para-hydroxylation sites is 1. The summed E-state index contributed by atoms with van der Waals surface area (Å²) in [5, 5.41) is 5.76. The Kier molecular flexibility index (Phi) is 5.36. The molecule has 3 aromatic heterocycles. The van der Waals surface area contributed by atoms with E-state index in [-0.39, 0.29) is 17.7 Å². The molecule has 0 spiro atoms. The lowest BCUT2D eigenvalue weighted by Gasteiger charge is -2.35. The van der Waals surface area contributed by atoms with Crippen LogP contribution in [0.15, 0.2) is 41.1 Å². The Hall–Kier alpha value is -3.68. The van der Waals surface area contributed by atoms with Gasteiger partial charge in [-0.25, -0.2) is 4.98 Å². The first-order chi connectivity index (χ1) is 15.9. The molecular formula is C25H27N5O3. The molecule has 1 aromatic carbocycles. The third-order valence-corrected chi connectivity index (χ3v) is 6.40. The van der Waals surface area contributed by atoms with Crippen molar-refractivity contribution >= 4 is 33.8 Å². The van der Waals surface area contributed by atoms with Crippen LogP contribution in [-0.4, -0.2) is 62.9 Å². The van der Waals surface area contributed by atoms with E-state index in [0.717, 1.165) is 22.2 Å². The third-order valence-electron chi connectivity index (χ3n) is 6.40. The molecule has 8 nitrogen and oxygen atoms in total. The highest BCUT2D eigenvalue weighted by molar-refractivity contribution is 6.06. The van der Waals surface area contributed by atoms with Gasteiger partial charge in [-0.05, 0) is 30.5 Å². The smallest absolute Gasteiger partial charge is 0.259 e. The highest BCUT2D eigenvalue weighted by atomic mass is 16.5. The minimum Gasteiger partial charge on any atom is -0.361 e. The van der Waals surface area contributed by atoms with Gasteiger partial charge in [-0.2, -0.15) is 0 Å². The molecule has 8 heteroatoms. The van der Waals surface area contributed by atoms with Crippen LogP contribution in [0.4, 0.5) is 0 Å². The molecule has 0 unspecified atom stereocenters. The van der Waals surface area contributed by atoms with Gasteiger partial charge in [0.25, 0.3) is 11.6 Å². The number of hydrogen-bond donors (Lipinski definition) is 1. The monoisotopic (exact) mass is 445 g/mol. The van der Waals surface area contributed by atoms with E-state index in [1.54, 1.807) is 4.90 Å². The van der Waals surface area contributed by atoms with E-state index >= 15 is 0 Å². The van der Waals surface area contributed by atoms with Crippen LogP contribution in [0.2, 0.25) is 0 Å². The zero-order valence-corrected chi connectivity index (χ0v) is 19.1. The van der Waals surface area contributed by atoms with E-state index < -0.39 is 0 Å². The van der Waals surface area contributed by atoms with Gasteiger partial charge in [0.1, 0.15) is 0 Å². The van der Waals surface area contributed by atoms with Crippen molar-refractivity contribution in [2.45, 2.75) is 33.1 Å². The second-order valence-corrected chi connectivity index (χ2v) is 8.91. The van der Waals surface area contributed by atoms with Crippen LogP contribution in [0.25, 0.3) is 22.0 Å². The van der Waals surface area contributed by atoms with Gasteiger partial charge in [-0.1, -0.05) is 37.2 Å². The summed E-state index contributed by atoms with van der Waals surface area (Å²) in [5.74, 6) is 0.166. The number of piperazine rings is 1. The van der Waals surface area contributed by atoms with Crippen molar-refractivity contribution in [2.75, 3.05) is 26.2 Å². The average molecular weight is 446 g/mol. The summed E-state index contributed by atoms with van der Waals surface area (Å²) >= 11 is 0. The summed E-state index contributed by atoms with van der Waals surface area (Å²) in [6, 6.07) is 9.84. The number of nitrogens with one attached hydrogen (secondary N) is 1. The van der Waals surface area contributed by atoms with Crippen molar-refractivity contribution in [1.29, 1.82) is 0 Å². The number of carbonyl (C=O) groups excluding carboxylic acids is 2. The summed E-state index contributed by atoms with van der Waals surface area (Å²) < 4.78 is 5.36. The molecule has 2 amide bonds. The molecule has 1 aliphatic heterocycles. The van der Waals surface area contributed by atoms with Gasteiger partial charge in [-0.15, -0.1) is 0 Å². The predicted octanol–water partition coefficient (Wildman–Crippen LogP) is 3.66. The van der Waals surface area contributed by atoms with Crippen LogP contribution in [0.5, 0.6) is 0 Å². The number of amides is 2. The summed E-state index contributed by atoms with van der Waals surface area (Å²) in [5.41, 5.74) is 4.45. The normalized spacial score (nSPS) is 14.5. The minimum absolute atomic E-state index is 0.0701. The van der Waals surface area contributed by atoms with Gasteiger partial charge >= 0.3 is 0 Å². The second kappa shape index (κ2) is 8.35. The molecule has 170 valence electrons. The molecule has 1 saturated heterocycles. The van der Waals surface area contributed by atoms with Crippen LogP contribution in [0.3, 0.4) is 0 Å². The fraction of sp³-hybridized carbons (Fsp3) is 0.360. The van der Waals surface area contributed by atoms with Crippen LogP contribution in [-0.2, 0) is 11.2 Å². The Morgan fingerprint density at radius 2 is 1.85 bits per heavy atom. The van der Waals surface area contributed by atoms with Crippen molar-refractivity contribution in [2.24, 2.45) is 0 Å². The molecule has 1 fully saturated rings. The fourth-order valence-electron chi connectivity index (χ4n) is 4.46. The maximum absolute atomic E-state index is 13.4. The quantitative estimate of drug-likeness (QED) is 0.517. The molecule has 1 aliphatic rings. The molecule has 0 atom stereocenters. The van der Waals surface area contributed by atoms with Crippen molar-refractivity contribution in [3.63, 3.8) is 0 Å². The van der Waals surface area contributed by atoms with Crippen LogP contribution < -0.4 is 0 Å². The molecule has 1 N–H and O–H groups in total. The van der Waals surface area contributed by atoms with Crippen molar-refractivity contribution in [3.8, 4) is 0 Å². The standard InChI is InChI=1S/C25H27N5O3/c1-15(2)21-13-19(23-16(3)28-33-24(23)27-21)25(32)30-10-8-29(9-11-30)22(31)12-17-14-26-20-7-5-4-6-18(17)20/h4-7,13-15,26H,8-12H2,1-3H3. The molecular weight excluding hydrogens is 418 g/mol. The number of rotatable bonds is 4. The number of nitrogens with zero attached hydrogens (tertiary/aromatic N) is 4. The second-order valence-electron chi connectivity index (χ2n) is 8.91. The SMILES string of the molecule is Cc1noc2nc(C(C)C)cc(C(=O)N3CCN(C(=O)Cc4c[nH]c5ccccc45)CC3)c12. The summed E-state index contributed by atoms with van der Waals surface area (Å²) in [6.45, 7) is 7.89. The van der Waals surface area contributed by atoms with Gasteiger partial charge in [0.05, 0.1) is 23.1 Å². The zero-order valence-electron chi connectivity index (χ0n) is 19.1. The van der Waals surface area contributed by atoms with Crippen LogP contribution in [0, 0.1) is 6.92 Å². The molecule has 0 radical (unpaired) electrons.